The summed E-state index contributed by atoms with van der Waals surface area (Å²) in [5.41, 5.74) is 2.35. The molecule has 1 atom stereocenters. The molecular weight excluding hydrogens is 274 g/mol. The van der Waals surface area contributed by atoms with Crippen LogP contribution in [-0.2, 0) is 6.42 Å². The Kier molecular flexibility index (Phi) is 4.78. The van der Waals surface area contributed by atoms with Crippen molar-refractivity contribution in [2.75, 3.05) is 5.32 Å². The monoisotopic (exact) mass is 299 g/mol. The lowest BCUT2D eigenvalue weighted by molar-refractivity contribution is 0.867. The van der Waals surface area contributed by atoms with Crippen LogP contribution in [0.3, 0.4) is 0 Å². The van der Waals surface area contributed by atoms with Gasteiger partial charge in [-0.1, -0.05) is 56.0 Å². The maximum atomic E-state index is 4.29. The van der Waals surface area contributed by atoms with E-state index in [9.17, 15) is 0 Å². The normalized spacial score (nSPS) is 13.0. The van der Waals surface area contributed by atoms with E-state index in [1.165, 1.54) is 10.8 Å². The number of hydrogen-bond acceptors (Lipinski definition) is 3. The van der Waals surface area contributed by atoms with Gasteiger partial charge in [-0.25, -0.2) is 9.97 Å². The second kappa shape index (κ2) is 6.39. The Hall–Kier alpha value is -1.68. The van der Waals surface area contributed by atoms with Gasteiger partial charge in [0, 0.05) is 17.8 Å². The van der Waals surface area contributed by atoms with Crippen LogP contribution in [0.15, 0.2) is 36.7 Å². The predicted octanol–water partition coefficient (Wildman–Crippen LogP) is 3.76. The molecule has 2 rings (SSSR count). The van der Waals surface area contributed by atoms with Crippen LogP contribution >= 0.6 is 0 Å². The number of nitrogens with zero attached hydrogens (tertiary/aromatic N) is 2. The van der Waals surface area contributed by atoms with E-state index in [1.807, 2.05) is 6.07 Å². The van der Waals surface area contributed by atoms with Crippen molar-refractivity contribution >= 4 is 19.1 Å². The number of anilines is 1. The van der Waals surface area contributed by atoms with Crippen LogP contribution in [0.25, 0.3) is 0 Å². The number of nitrogens with one attached hydrogen (secondary N) is 1. The molecule has 0 aliphatic carbocycles. The molecule has 0 aliphatic rings. The SMILES string of the molecule is CCc1cc(NC(C)c2ccc([Si](C)(C)C)cc2)ncn1. The van der Waals surface area contributed by atoms with Crippen LogP contribution in [0, 0.1) is 0 Å². The van der Waals surface area contributed by atoms with Crippen LogP contribution in [0.4, 0.5) is 5.82 Å². The van der Waals surface area contributed by atoms with Gasteiger partial charge in [-0.3, -0.25) is 0 Å². The fourth-order valence-corrected chi connectivity index (χ4v) is 3.41. The molecule has 21 heavy (non-hydrogen) atoms. The standard InChI is InChI=1S/C17H25N3Si/c1-6-15-11-17(19-12-18-15)20-13(2)14-7-9-16(10-8-14)21(3,4)5/h7-13H,6H2,1-5H3,(H,18,19,20). The molecule has 0 saturated carbocycles. The first-order chi connectivity index (χ1) is 9.90. The van der Waals surface area contributed by atoms with E-state index >= 15 is 0 Å². The molecule has 1 heterocycles. The maximum absolute atomic E-state index is 4.29. The van der Waals surface area contributed by atoms with E-state index in [4.69, 9.17) is 0 Å². The van der Waals surface area contributed by atoms with Gasteiger partial charge >= 0.3 is 0 Å². The lowest BCUT2D eigenvalue weighted by Gasteiger charge is -2.19. The fraction of sp³-hybridized carbons (Fsp3) is 0.412. The van der Waals surface area contributed by atoms with Gasteiger partial charge in [-0.2, -0.15) is 0 Å². The quantitative estimate of drug-likeness (QED) is 0.854. The van der Waals surface area contributed by atoms with Gasteiger partial charge in [0.15, 0.2) is 0 Å². The Balaban J connectivity index is 2.11. The van der Waals surface area contributed by atoms with Crippen LogP contribution < -0.4 is 10.5 Å². The third kappa shape index (κ3) is 4.14. The minimum atomic E-state index is -1.22. The summed E-state index contributed by atoms with van der Waals surface area (Å²) in [6.07, 6.45) is 2.55. The Morgan fingerprint density at radius 1 is 1.10 bits per heavy atom. The van der Waals surface area contributed by atoms with Crippen molar-refractivity contribution in [1.29, 1.82) is 0 Å². The third-order valence-electron chi connectivity index (χ3n) is 3.73. The van der Waals surface area contributed by atoms with E-state index in [-0.39, 0.29) is 6.04 Å². The maximum Gasteiger partial charge on any atom is 0.130 e. The first-order valence-electron chi connectivity index (χ1n) is 7.58. The van der Waals surface area contributed by atoms with Gasteiger partial charge in [0.25, 0.3) is 0 Å². The highest BCUT2D eigenvalue weighted by Gasteiger charge is 2.16. The molecule has 0 radical (unpaired) electrons. The first kappa shape index (κ1) is 15.7. The lowest BCUT2D eigenvalue weighted by atomic mass is 10.1. The van der Waals surface area contributed by atoms with Crippen molar-refractivity contribution in [3.63, 3.8) is 0 Å². The summed E-state index contributed by atoms with van der Waals surface area (Å²) in [6, 6.07) is 11.3. The summed E-state index contributed by atoms with van der Waals surface area (Å²) in [4.78, 5) is 8.52. The van der Waals surface area contributed by atoms with Gasteiger partial charge in [-0.05, 0) is 18.9 Å². The molecule has 1 aromatic heterocycles. The van der Waals surface area contributed by atoms with Crippen molar-refractivity contribution < 1.29 is 0 Å². The minimum absolute atomic E-state index is 0.236. The highest BCUT2D eigenvalue weighted by molar-refractivity contribution is 6.88. The minimum Gasteiger partial charge on any atom is -0.363 e. The van der Waals surface area contributed by atoms with Crippen molar-refractivity contribution in [3.8, 4) is 0 Å². The molecule has 4 heteroatoms. The molecule has 0 aliphatic heterocycles. The van der Waals surface area contributed by atoms with Crippen molar-refractivity contribution in [1.82, 2.24) is 9.97 Å². The predicted molar refractivity (Wildman–Crippen MR) is 92.9 cm³/mol. The summed E-state index contributed by atoms with van der Waals surface area (Å²) in [7, 11) is -1.22. The molecule has 0 fully saturated rings. The van der Waals surface area contributed by atoms with Gasteiger partial charge in [0.1, 0.15) is 12.1 Å². The Morgan fingerprint density at radius 2 is 1.76 bits per heavy atom. The average Bonchev–Trinajstić information content (AvgIpc) is 2.46. The molecule has 3 nitrogen and oxygen atoms in total. The van der Waals surface area contributed by atoms with Gasteiger partial charge in [0.2, 0.25) is 0 Å². The number of rotatable bonds is 5. The van der Waals surface area contributed by atoms with E-state index in [1.54, 1.807) is 6.33 Å². The van der Waals surface area contributed by atoms with Crippen molar-refractivity contribution in [2.45, 2.75) is 46.0 Å². The number of aromatic nitrogens is 2. The molecule has 0 saturated heterocycles. The average molecular weight is 299 g/mol. The first-order valence-corrected chi connectivity index (χ1v) is 11.1. The molecule has 1 unspecified atom stereocenters. The molecule has 0 amide bonds. The summed E-state index contributed by atoms with van der Waals surface area (Å²) in [5.74, 6) is 0.892. The summed E-state index contributed by atoms with van der Waals surface area (Å²) < 4.78 is 0. The zero-order valence-electron chi connectivity index (χ0n) is 13.6. The molecule has 1 N–H and O–H groups in total. The van der Waals surface area contributed by atoms with E-state index in [0.717, 1.165) is 17.9 Å². The topological polar surface area (TPSA) is 37.8 Å². The van der Waals surface area contributed by atoms with E-state index in [0.29, 0.717) is 0 Å². The van der Waals surface area contributed by atoms with Gasteiger partial charge < -0.3 is 5.32 Å². The number of aryl methyl sites for hydroxylation is 1. The molecule has 0 spiro atoms. The smallest absolute Gasteiger partial charge is 0.130 e. The molecule has 1 aromatic carbocycles. The summed E-state index contributed by atoms with van der Waals surface area (Å²) in [5, 5.41) is 4.95. The van der Waals surface area contributed by atoms with Crippen molar-refractivity contribution in [2.24, 2.45) is 0 Å². The Bertz CT molecular complexity index is 588. The zero-order valence-corrected chi connectivity index (χ0v) is 14.6. The molecule has 0 bridgehead atoms. The fourth-order valence-electron chi connectivity index (χ4n) is 2.25. The summed E-state index contributed by atoms with van der Waals surface area (Å²) >= 11 is 0. The second-order valence-corrected chi connectivity index (χ2v) is 11.6. The largest absolute Gasteiger partial charge is 0.363 e. The van der Waals surface area contributed by atoms with Crippen LogP contribution in [0.2, 0.25) is 19.6 Å². The number of hydrogen-bond donors (Lipinski definition) is 1. The van der Waals surface area contributed by atoms with Crippen molar-refractivity contribution in [3.05, 3.63) is 47.9 Å². The van der Waals surface area contributed by atoms with Crippen LogP contribution in [-0.4, -0.2) is 18.0 Å². The second-order valence-electron chi connectivity index (χ2n) is 6.49. The van der Waals surface area contributed by atoms with Gasteiger partial charge in [0.05, 0.1) is 8.07 Å². The Morgan fingerprint density at radius 3 is 2.33 bits per heavy atom. The van der Waals surface area contributed by atoms with E-state index < -0.39 is 8.07 Å². The third-order valence-corrected chi connectivity index (χ3v) is 5.79. The van der Waals surface area contributed by atoms with Crippen LogP contribution in [0.1, 0.15) is 31.1 Å². The number of benzene rings is 1. The highest BCUT2D eigenvalue weighted by atomic mass is 28.3. The molecule has 112 valence electrons. The van der Waals surface area contributed by atoms with Crippen LogP contribution in [0.5, 0.6) is 0 Å². The van der Waals surface area contributed by atoms with E-state index in [2.05, 4.69) is 73.0 Å². The zero-order chi connectivity index (χ0) is 15.5. The molecular formula is C17H25N3Si. The van der Waals surface area contributed by atoms with Gasteiger partial charge in [-0.15, -0.1) is 0 Å². The Labute approximate surface area is 128 Å². The lowest BCUT2D eigenvalue weighted by Crippen LogP contribution is -2.37. The molecule has 2 aromatic rings. The summed E-state index contributed by atoms with van der Waals surface area (Å²) in [6.45, 7) is 11.4. The highest BCUT2D eigenvalue weighted by Crippen LogP contribution is 2.18.